The normalized spacial score (nSPS) is 13.6. The van der Waals surface area contributed by atoms with Crippen LogP contribution in [0.4, 0.5) is 15.9 Å². The van der Waals surface area contributed by atoms with Gasteiger partial charge in [-0.2, -0.15) is 5.10 Å². The summed E-state index contributed by atoms with van der Waals surface area (Å²) < 4.78 is 15.5. The van der Waals surface area contributed by atoms with Gasteiger partial charge in [-0.3, -0.25) is 9.48 Å². The van der Waals surface area contributed by atoms with Gasteiger partial charge in [0, 0.05) is 35.1 Å². The van der Waals surface area contributed by atoms with Crippen LogP contribution < -0.4 is 5.32 Å². The third kappa shape index (κ3) is 5.25. The van der Waals surface area contributed by atoms with E-state index in [0.29, 0.717) is 19.6 Å². The number of anilines is 2. The lowest BCUT2D eigenvalue weighted by Crippen LogP contribution is -2.34. The Balaban J connectivity index is 1.23. The second-order valence-electron chi connectivity index (χ2n) is 9.91. The number of nitrogens with zero attached hydrogens (tertiary/aromatic N) is 6. The van der Waals surface area contributed by atoms with Crippen molar-refractivity contribution in [2.24, 2.45) is 0 Å². The van der Waals surface area contributed by atoms with E-state index in [-0.39, 0.29) is 11.7 Å². The summed E-state index contributed by atoms with van der Waals surface area (Å²) in [5.74, 6) is 0.545. The molecule has 0 atom stereocenters. The number of halogens is 1. The predicted octanol–water partition coefficient (Wildman–Crippen LogP) is 4.97. The number of hydrogen-bond donors (Lipinski definition) is 1. The van der Waals surface area contributed by atoms with Crippen LogP contribution in [0, 0.1) is 5.82 Å². The van der Waals surface area contributed by atoms with Crippen molar-refractivity contribution in [2.45, 2.75) is 19.5 Å². The molecule has 0 saturated carbocycles. The third-order valence-corrected chi connectivity index (χ3v) is 7.93. The Hall–Kier alpha value is -4.15. The Morgan fingerprint density at radius 1 is 1.21 bits per heavy atom. The summed E-state index contributed by atoms with van der Waals surface area (Å²) in [5.41, 5.74) is 3.93. The Morgan fingerprint density at radius 2 is 2.10 bits per heavy atom. The molecule has 8 nitrogen and oxygen atoms in total. The van der Waals surface area contributed by atoms with Crippen LogP contribution in [0.1, 0.15) is 16.0 Å². The highest BCUT2D eigenvalue weighted by atomic mass is 32.1. The lowest BCUT2D eigenvalue weighted by atomic mass is 10.0. The molecule has 198 valence electrons. The van der Waals surface area contributed by atoms with Crippen molar-refractivity contribution < 1.29 is 9.18 Å². The average molecular weight is 542 g/mol. The molecular formula is C29H28FN7OS. The number of amides is 1. The number of aromatic nitrogens is 4. The van der Waals surface area contributed by atoms with Gasteiger partial charge in [-0.25, -0.2) is 14.4 Å². The second-order valence-corrected chi connectivity index (χ2v) is 11.0. The van der Waals surface area contributed by atoms with Crippen molar-refractivity contribution in [2.75, 3.05) is 32.5 Å². The fourth-order valence-corrected chi connectivity index (χ4v) is 6.12. The zero-order chi connectivity index (χ0) is 26.9. The van der Waals surface area contributed by atoms with Gasteiger partial charge in [0.2, 0.25) is 5.91 Å². The van der Waals surface area contributed by atoms with Gasteiger partial charge in [0.1, 0.15) is 22.8 Å². The van der Waals surface area contributed by atoms with Crippen LogP contribution in [-0.2, 0) is 24.3 Å². The zero-order valence-corrected chi connectivity index (χ0v) is 22.6. The lowest BCUT2D eigenvalue weighted by Gasteiger charge is -2.26. The first-order chi connectivity index (χ1) is 18.9. The minimum absolute atomic E-state index is 0.0376. The summed E-state index contributed by atoms with van der Waals surface area (Å²) in [7, 11) is 3.96. The van der Waals surface area contributed by atoms with E-state index < -0.39 is 0 Å². The maximum absolute atomic E-state index is 13.6. The molecular weight excluding hydrogens is 513 g/mol. The van der Waals surface area contributed by atoms with Crippen molar-refractivity contribution in [1.29, 1.82) is 0 Å². The van der Waals surface area contributed by atoms with Gasteiger partial charge in [0.15, 0.2) is 0 Å². The van der Waals surface area contributed by atoms with Crippen LogP contribution in [0.25, 0.3) is 21.1 Å². The lowest BCUT2D eigenvalue weighted by molar-refractivity contribution is -0.126. The summed E-state index contributed by atoms with van der Waals surface area (Å²) in [5, 5.41) is 10.0. The Labute approximate surface area is 229 Å². The van der Waals surface area contributed by atoms with Gasteiger partial charge < -0.3 is 15.1 Å². The second kappa shape index (κ2) is 10.5. The minimum atomic E-state index is -0.251. The molecule has 0 radical (unpaired) electrons. The molecule has 0 fully saturated rings. The summed E-state index contributed by atoms with van der Waals surface area (Å²) in [6, 6.07) is 12.6. The van der Waals surface area contributed by atoms with Crippen LogP contribution in [0.5, 0.6) is 0 Å². The van der Waals surface area contributed by atoms with Crippen molar-refractivity contribution >= 4 is 49.9 Å². The molecule has 10 heteroatoms. The topological polar surface area (TPSA) is 79.2 Å². The van der Waals surface area contributed by atoms with E-state index in [2.05, 4.69) is 20.4 Å². The molecule has 0 saturated heterocycles. The minimum Gasteiger partial charge on any atom is -0.340 e. The van der Waals surface area contributed by atoms with Crippen LogP contribution in [0.2, 0.25) is 0 Å². The van der Waals surface area contributed by atoms with Crippen molar-refractivity contribution in [3.8, 4) is 0 Å². The summed E-state index contributed by atoms with van der Waals surface area (Å²) in [6.45, 7) is 2.47. The first kappa shape index (κ1) is 25.1. The van der Waals surface area contributed by atoms with E-state index in [1.165, 1.54) is 17.7 Å². The average Bonchev–Trinajstić information content (AvgIpc) is 3.49. The van der Waals surface area contributed by atoms with Crippen molar-refractivity contribution in [3.05, 3.63) is 89.0 Å². The number of hydrogen-bond acceptors (Lipinski definition) is 7. The number of fused-ring (bicyclic) bond motifs is 4. The van der Waals surface area contributed by atoms with Gasteiger partial charge in [-0.1, -0.05) is 18.2 Å². The number of nitrogens with one attached hydrogen (secondary N) is 1. The van der Waals surface area contributed by atoms with Gasteiger partial charge >= 0.3 is 0 Å². The first-order valence-electron chi connectivity index (χ1n) is 12.8. The highest BCUT2D eigenvalue weighted by Crippen LogP contribution is 2.38. The van der Waals surface area contributed by atoms with Gasteiger partial charge in [-0.05, 0) is 62.0 Å². The Kier molecular flexibility index (Phi) is 6.80. The molecule has 39 heavy (non-hydrogen) atoms. The van der Waals surface area contributed by atoms with E-state index >= 15 is 0 Å². The first-order valence-corrected chi connectivity index (χ1v) is 13.6. The number of benzene rings is 2. The van der Waals surface area contributed by atoms with E-state index in [1.54, 1.807) is 29.8 Å². The van der Waals surface area contributed by atoms with Gasteiger partial charge in [-0.15, -0.1) is 11.3 Å². The molecule has 0 aliphatic carbocycles. The maximum atomic E-state index is 13.6. The van der Waals surface area contributed by atoms with Crippen LogP contribution in [-0.4, -0.2) is 62.6 Å². The number of carbonyl (C=O) groups excluding carboxylic acids is 1. The highest BCUT2D eigenvalue weighted by molar-refractivity contribution is 7.19. The standard InChI is InChI=1S/C29H28FN7OS/c1-35(2)11-4-7-26(38)36-12-10-23-25(17-36)39-29-27(23)28(31-18-32-29)34-22-8-9-24-20(14-22)15-33-37(24)16-19-5-3-6-21(30)13-19/h3-9,13-15,18H,10-12,16-17H2,1-2H3,(H,31,32,34). The smallest absolute Gasteiger partial charge is 0.246 e. The fourth-order valence-electron chi connectivity index (χ4n) is 4.92. The number of carbonyl (C=O) groups is 1. The zero-order valence-electron chi connectivity index (χ0n) is 21.8. The molecule has 3 aromatic heterocycles. The monoisotopic (exact) mass is 541 g/mol. The van der Waals surface area contributed by atoms with Gasteiger partial charge in [0.05, 0.1) is 30.2 Å². The summed E-state index contributed by atoms with van der Waals surface area (Å²) in [4.78, 5) is 27.8. The molecule has 4 heterocycles. The van der Waals surface area contributed by atoms with Gasteiger partial charge in [0.25, 0.3) is 0 Å². The van der Waals surface area contributed by atoms with Crippen molar-refractivity contribution in [3.63, 3.8) is 0 Å². The van der Waals surface area contributed by atoms with Crippen LogP contribution in [0.3, 0.4) is 0 Å². The number of thiophene rings is 1. The number of likely N-dealkylation sites (N-methyl/N-ethyl adjacent to an activating group) is 1. The molecule has 0 unspecified atom stereocenters. The van der Waals surface area contributed by atoms with Crippen LogP contribution in [0.15, 0.2) is 67.1 Å². The molecule has 1 amide bonds. The number of rotatable bonds is 7. The molecule has 0 spiro atoms. The molecule has 1 N–H and O–H groups in total. The quantitative estimate of drug-likeness (QED) is 0.293. The predicted molar refractivity (Wildman–Crippen MR) is 153 cm³/mol. The van der Waals surface area contributed by atoms with E-state index in [9.17, 15) is 9.18 Å². The fraction of sp³-hybridized carbons (Fsp3) is 0.241. The molecule has 0 bridgehead atoms. The molecule has 1 aliphatic heterocycles. The third-order valence-electron chi connectivity index (χ3n) is 6.81. The molecule has 6 rings (SSSR count). The molecule has 2 aromatic carbocycles. The van der Waals surface area contributed by atoms with E-state index in [0.717, 1.165) is 56.0 Å². The Bertz CT molecular complexity index is 1710. The largest absolute Gasteiger partial charge is 0.340 e. The SMILES string of the molecule is CN(C)CC=CC(=O)N1CCc2c(sc3ncnc(Nc4ccc5c(cnn5Cc5cccc(F)c5)c4)c23)C1. The summed E-state index contributed by atoms with van der Waals surface area (Å²) in [6.07, 6.45) is 7.73. The summed E-state index contributed by atoms with van der Waals surface area (Å²) >= 11 is 1.62. The molecule has 1 aliphatic rings. The highest BCUT2D eigenvalue weighted by Gasteiger charge is 2.25. The van der Waals surface area contributed by atoms with Crippen molar-refractivity contribution in [1.82, 2.24) is 29.5 Å². The van der Waals surface area contributed by atoms with Crippen LogP contribution >= 0.6 is 11.3 Å². The Morgan fingerprint density at radius 3 is 2.95 bits per heavy atom. The van der Waals surface area contributed by atoms with E-state index in [1.807, 2.05) is 65.1 Å². The molecule has 5 aromatic rings. The van der Waals surface area contributed by atoms with E-state index in [4.69, 9.17) is 0 Å². The maximum Gasteiger partial charge on any atom is 0.246 e.